The molecule has 1 aliphatic heterocycles. The van der Waals surface area contributed by atoms with Crippen molar-refractivity contribution >= 4 is 23.3 Å². The van der Waals surface area contributed by atoms with Gasteiger partial charge in [-0.1, -0.05) is 13.0 Å². The van der Waals surface area contributed by atoms with Crippen LogP contribution in [-0.2, 0) is 4.79 Å². The van der Waals surface area contributed by atoms with Gasteiger partial charge in [0.15, 0.2) is 0 Å². The number of amides is 2. The molecule has 1 fully saturated rings. The fraction of sp³-hybridized carbons (Fsp3) is 0.538. The van der Waals surface area contributed by atoms with E-state index in [1.807, 2.05) is 24.4 Å². The molecule has 2 N–H and O–H groups in total. The molecule has 1 aromatic rings. The van der Waals surface area contributed by atoms with E-state index < -0.39 is 5.97 Å². The van der Waals surface area contributed by atoms with Gasteiger partial charge in [0.2, 0.25) is 0 Å². The molecule has 1 aromatic heterocycles. The molecule has 5 nitrogen and oxygen atoms in total. The molecule has 0 saturated carbocycles. The van der Waals surface area contributed by atoms with Gasteiger partial charge in [0.25, 0.3) is 0 Å². The van der Waals surface area contributed by atoms with Gasteiger partial charge in [-0.25, -0.2) is 4.79 Å². The van der Waals surface area contributed by atoms with Crippen molar-refractivity contribution in [3.8, 4) is 0 Å². The zero-order valence-electron chi connectivity index (χ0n) is 10.8. The first-order valence-electron chi connectivity index (χ1n) is 6.40. The van der Waals surface area contributed by atoms with E-state index in [0.717, 1.165) is 11.3 Å². The lowest BCUT2D eigenvalue weighted by Crippen LogP contribution is -2.54. The Morgan fingerprint density at radius 2 is 2.32 bits per heavy atom. The number of thiophene rings is 1. The van der Waals surface area contributed by atoms with E-state index in [2.05, 4.69) is 5.32 Å². The molecule has 1 atom stereocenters. The van der Waals surface area contributed by atoms with E-state index in [9.17, 15) is 9.59 Å². The molecule has 0 bridgehead atoms. The Labute approximate surface area is 116 Å². The van der Waals surface area contributed by atoms with Crippen molar-refractivity contribution in [3.05, 3.63) is 22.4 Å². The average molecular weight is 282 g/mol. The average Bonchev–Trinajstić information content (AvgIpc) is 2.83. The van der Waals surface area contributed by atoms with Crippen LogP contribution in [-0.4, -0.2) is 35.1 Å². The van der Waals surface area contributed by atoms with E-state index in [1.54, 1.807) is 16.2 Å². The Morgan fingerprint density at radius 1 is 1.58 bits per heavy atom. The van der Waals surface area contributed by atoms with Crippen molar-refractivity contribution in [2.24, 2.45) is 5.92 Å². The van der Waals surface area contributed by atoms with Crippen molar-refractivity contribution < 1.29 is 14.7 Å². The van der Waals surface area contributed by atoms with Crippen molar-refractivity contribution in [1.29, 1.82) is 0 Å². The highest BCUT2D eigenvalue weighted by molar-refractivity contribution is 7.10. The molecule has 19 heavy (non-hydrogen) atoms. The monoisotopic (exact) mass is 282 g/mol. The summed E-state index contributed by atoms with van der Waals surface area (Å²) in [7, 11) is 0. The van der Waals surface area contributed by atoms with Crippen LogP contribution < -0.4 is 5.32 Å². The fourth-order valence-electron chi connectivity index (χ4n) is 2.22. The Kier molecular flexibility index (Phi) is 4.42. The first-order valence-corrected chi connectivity index (χ1v) is 7.28. The minimum Gasteiger partial charge on any atom is -0.481 e. The lowest BCUT2D eigenvalue weighted by molar-refractivity contribution is -0.139. The van der Waals surface area contributed by atoms with Gasteiger partial charge in [0.1, 0.15) is 0 Å². The lowest BCUT2D eigenvalue weighted by Gasteiger charge is -2.39. The number of carboxylic acid groups (broad SMARTS) is 1. The highest BCUT2D eigenvalue weighted by Gasteiger charge is 2.32. The smallest absolute Gasteiger partial charge is 0.317 e. The Hall–Kier alpha value is -1.56. The van der Waals surface area contributed by atoms with Crippen molar-refractivity contribution in [2.45, 2.75) is 25.8 Å². The van der Waals surface area contributed by atoms with Gasteiger partial charge in [-0.3, -0.25) is 4.79 Å². The van der Waals surface area contributed by atoms with E-state index in [1.165, 1.54) is 0 Å². The zero-order chi connectivity index (χ0) is 13.8. The maximum atomic E-state index is 12.0. The predicted octanol–water partition coefficient (Wildman–Crippen LogP) is 2.32. The Morgan fingerprint density at radius 3 is 2.84 bits per heavy atom. The number of hydrogen-bond acceptors (Lipinski definition) is 3. The molecule has 0 radical (unpaired) electrons. The topological polar surface area (TPSA) is 69.6 Å². The number of hydrogen-bond donors (Lipinski definition) is 2. The molecule has 0 aromatic carbocycles. The number of carbonyl (C=O) groups is 2. The molecule has 104 valence electrons. The number of carbonyl (C=O) groups excluding carboxylic acids is 1. The van der Waals surface area contributed by atoms with E-state index in [4.69, 9.17) is 5.11 Å². The number of aliphatic carboxylic acids is 1. The summed E-state index contributed by atoms with van der Waals surface area (Å²) < 4.78 is 0. The summed E-state index contributed by atoms with van der Waals surface area (Å²) in [6.45, 7) is 3.12. The summed E-state index contributed by atoms with van der Waals surface area (Å²) in [5.74, 6) is -0.694. The van der Waals surface area contributed by atoms with Crippen LogP contribution in [0.25, 0.3) is 0 Å². The van der Waals surface area contributed by atoms with Gasteiger partial charge in [-0.05, 0) is 17.9 Å². The quantitative estimate of drug-likeness (QED) is 0.870. The van der Waals surface area contributed by atoms with Gasteiger partial charge in [-0.2, -0.15) is 0 Å². The van der Waals surface area contributed by atoms with E-state index in [-0.39, 0.29) is 24.4 Å². The lowest BCUT2D eigenvalue weighted by atomic mass is 9.97. The fourth-order valence-corrected chi connectivity index (χ4v) is 3.08. The maximum absolute atomic E-state index is 12.0. The Bertz CT molecular complexity index is 441. The molecule has 0 spiro atoms. The third-order valence-electron chi connectivity index (χ3n) is 3.30. The number of likely N-dealkylation sites (tertiary alicyclic amines) is 1. The molecule has 2 rings (SSSR count). The number of urea groups is 1. The summed E-state index contributed by atoms with van der Waals surface area (Å²) in [4.78, 5) is 25.4. The van der Waals surface area contributed by atoms with Crippen molar-refractivity contribution in [2.75, 3.05) is 13.1 Å². The van der Waals surface area contributed by atoms with Crippen molar-refractivity contribution in [1.82, 2.24) is 10.2 Å². The first kappa shape index (κ1) is 13.9. The number of nitrogens with zero attached hydrogens (tertiary/aromatic N) is 1. The first-order chi connectivity index (χ1) is 9.10. The molecule has 2 amide bonds. The van der Waals surface area contributed by atoms with Crippen LogP contribution >= 0.6 is 11.3 Å². The van der Waals surface area contributed by atoms with Gasteiger partial charge in [0, 0.05) is 23.9 Å². The van der Waals surface area contributed by atoms with Gasteiger partial charge < -0.3 is 15.3 Å². The number of nitrogens with one attached hydrogen (secondary N) is 1. The molecule has 6 heteroatoms. The van der Waals surface area contributed by atoms with Crippen LogP contribution in [0.3, 0.4) is 0 Å². The Balaban J connectivity index is 1.80. The van der Waals surface area contributed by atoms with Gasteiger partial charge in [-0.15, -0.1) is 11.3 Å². The molecule has 1 unspecified atom stereocenters. The zero-order valence-corrected chi connectivity index (χ0v) is 11.7. The van der Waals surface area contributed by atoms with Gasteiger partial charge in [0.05, 0.1) is 12.5 Å². The summed E-state index contributed by atoms with van der Waals surface area (Å²) in [6, 6.07) is 3.94. The molecular weight excluding hydrogens is 264 g/mol. The minimum absolute atomic E-state index is 0.0472. The SMILES string of the molecule is CCC(NC(=O)N1CC(CC(=O)O)C1)c1cccs1. The second-order valence-electron chi connectivity index (χ2n) is 4.79. The van der Waals surface area contributed by atoms with Crippen LogP contribution in [0.1, 0.15) is 30.7 Å². The highest BCUT2D eigenvalue weighted by Crippen LogP contribution is 2.24. The third-order valence-corrected chi connectivity index (χ3v) is 4.29. The van der Waals surface area contributed by atoms with Crippen molar-refractivity contribution in [3.63, 3.8) is 0 Å². The third kappa shape index (κ3) is 3.47. The maximum Gasteiger partial charge on any atom is 0.317 e. The highest BCUT2D eigenvalue weighted by atomic mass is 32.1. The van der Waals surface area contributed by atoms with E-state index >= 15 is 0 Å². The standard InChI is InChI=1S/C13H18N2O3S/c1-2-10(11-4-3-5-19-11)14-13(18)15-7-9(8-15)6-12(16)17/h3-5,9-10H,2,6-8H2,1H3,(H,14,18)(H,16,17). The second kappa shape index (κ2) is 6.06. The molecule has 1 aliphatic rings. The predicted molar refractivity (Wildman–Crippen MR) is 73.2 cm³/mol. The molecule has 0 aliphatic carbocycles. The minimum atomic E-state index is -0.796. The van der Waals surface area contributed by atoms with Crippen LogP contribution in [0, 0.1) is 5.92 Å². The largest absolute Gasteiger partial charge is 0.481 e. The van der Waals surface area contributed by atoms with E-state index in [0.29, 0.717) is 13.1 Å². The summed E-state index contributed by atoms with van der Waals surface area (Å²) in [5, 5.41) is 13.7. The number of rotatable bonds is 5. The van der Waals surface area contributed by atoms with Gasteiger partial charge >= 0.3 is 12.0 Å². The second-order valence-corrected chi connectivity index (χ2v) is 5.77. The summed E-state index contributed by atoms with van der Waals surface area (Å²) in [6.07, 6.45) is 0.991. The van der Waals surface area contributed by atoms with Crippen LogP contribution in [0.15, 0.2) is 17.5 Å². The molecule has 2 heterocycles. The normalized spacial score (nSPS) is 16.8. The molecule has 1 saturated heterocycles. The molecular formula is C13H18N2O3S. The number of carboxylic acids is 1. The summed E-state index contributed by atoms with van der Waals surface area (Å²) >= 11 is 1.63. The van der Waals surface area contributed by atoms with Crippen LogP contribution in [0.2, 0.25) is 0 Å². The van der Waals surface area contributed by atoms with Crippen LogP contribution in [0.4, 0.5) is 4.79 Å². The van der Waals surface area contributed by atoms with Crippen LogP contribution in [0.5, 0.6) is 0 Å². The summed E-state index contributed by atoms with van der Waals surface area (Å²) in [5.41, 5.74) is 0.